The maximum absolute atomic E-state index is 12.0. The van der Waals surface area contributed by atoms with E-state index in [0.29, 0.717) is 31.4 Å². The quantitative estimate of drug-likeness (QED) is 0.686. The van der Waals surface area contributed by atoms with Crippen molar-refractivity contribution in [3.63, 3.8) is 0 Å². The number of rotatable bonds is 9. The molecule has 1 aliphatic rings. The maximum atomic E-state index is 12.0. The Labute approximate surface area is 135 Å². The average molecular weight is 313 g/mol. The fraction of sp³-hybridized carbons (Fsp3) is 0.412. The van der Waals surface area contributed by atoms with Gasteiger partial charge in [0, 0.05) is 37.8 Å². The molecule has 0 aliphatic carbocycles. The standard InChI is InChI=1S/C17H19N3O3/c1-2-3-10-17(19-20-17)11-12-18-16(23)14-7-4-13(5-8-14)6-9-15(21)22/h1,4-5,7-8H,3,6,9-12H2,(H,18,23)(H,21,22). The highest BCUT2D eigenvalue weighted by atomic mass is 16.4. The van der Waals surface area contributed by atoms with E-state index < -0.39 is 5.97 Å². The second kappa shape index (κ2) is 7.54. The van der Waals surface area contributed by atoms with Crippen LogP contribution in [0, 0.1) is 12.3 Å². The fourth-order valence-corrected chi connectivity index (χ4v) is 2.22. The summed E-state index contributed by atoms with van der Waals surface area (Å²) in [6, 6.07) is 6.95. The molecule has 0 spiro atoms. The minimum Gasteiger partial charge on any atom is -0.481 e. The van der Waals surface area contributed by atoms with E-state index >= 15 is 0 Å². The van der Waals surface area contributed by atoms with Gasteiger partial charge in [-0.3, -0.25) is 9.59 Å². The van der Waals surface area contributed by atoms with Gasteiger partial charge in [0.1, 0.15) is 0 Å². The molecule has 2 rings (SSSR count). The third-order valence-corrected chi connectivity index (χ3v) is 3.71. The largest absolute Gasteiger partial charge is 0.481 e. The van der Waals surface area contributed by atoms with Crippen molar-refractivity contribution in [1.82, 2.24) is 5.32 Å². The molecule has 0 saturated carbocycles. The molecule has 2 N–H and O–H groups in total. The molecule has 0 radical (unpaired) electrons. The van der Waals surface area contributed by atoms with Gasteiger partial charge in [-0.05, 0) is 24.1 Å². The summed E-state index contributed by atoms with van der Waals surface area (Å²) in [5.41, 5.74) is 1.06. The van der Waals surface area contributed by atoms with Crippen molar-refractivity contribution >= 4 is 11.9 Å². The Hall–Kier alpha value is -2.68. The van der Waals surface area contributed by atoms with Crippen molar-refractivity contribution in [1.29, 1.82) is 0 Å². The van der Waals surface area contributed by atoms with Crippen molar-refractivity contribution < 1.29 is 14.7 Å². The van der Waals surface area contributed by atoms with Gasteiger partial charge in [0.25, 0.3) is 5.91 Å². The minimum atomic E-state index is -0.832. The molecule has 120 valence electrons. The van der Waals surface area contributed by atoms with E-state index in [0.717, 1.165) is 12.0 Å². The number of carbonyl (C=O) groups excluding carboxylic acids is 1. The van der Waals surface area contributed by atoms with E-state index in [9.17, 15) is 9.59 Å². The van der Waals surface area contributed by atoms with Crippen LogP contribution in [0.5, 0.6) is 0 Å². The first kappa shape index (κ1) is 16.7. The van der Waals surface area contributed by atoms with Gasteiger partial charge in [0.2, 0.25) is 0 Å². The van der Waals surface area contributed by atoms with Crippen LogP contribution in [0.3, 0.4) is 0 Å². The number of aryl methyl sites for hydroxylation is 1. The van der Waals surface area contributed by atoms with Gasteiger partial charge in [-0.1, -0.05) is 12.1 Å². The number of carboxylic acids is 1. The fourth-order valence-electron chi connectivity index (χ4n) is 2.22. The first-order valence-electron chi connectivity index (χ1n) is 7.51. The predicted molar refractivity (Wildman–Crippen MR) is 85.0 cm³/mol. The minimum absolute atomic E-state index is 0.0816. The number of carbonyl (C=O) groups is 2. The van der Waals surface area contributed by atoms with E-state index in [1.165, 1.54) is 0 Å². The molecule has 0 bridgehead atoms. The van der Waals surface area contributed by atoms with Crippen molar-refractivity contribution in [3.8, 4) is 12.3 Å². The number of hydrogen-bond donors (Lipinski definition) is 2. The molecule has 1 aliphatic heterocycles. The first-order chi connectivity index (χ1) is 11.0. The van der Waals surface area contributed by atoms with E-state index in [1.807, 2.05) is 0 Å². The van der Waals surface area contributed by atoms with E-state index in [4.69, 9.17) is 11.5 Å². The molecule has 0 atom stereocenters. The lowest BCUT2D eigenvalue weighted by Crippen LogP contribution is -2.28. The van der Waals surface area contributed by atoms with Crippen LogP contribution in [0.15, 0.2) is 34.5 Å². The van der Waals surface area contributed by atoms with Gasteiger partial charge >= 0.3 is 5.97 Å². The molecule has 1 aromatic rings. The molecule has 0 fully saturated rings. The lowest BCUT2D eigenvalue weighted by Gasteiger charge is -2.10. The number of amides is 1. The summed E-state index contributed by atoms with van der Waals surface area (Å²) in [4.78, 5) is 22.6. The molecule has 0 aromatic heterocycles. The number of benzene rings is 1. The summed E-state index contributed by atoms with van der Waals surface area (Å²) in [6.45, 7) is 0.483. The number of carboxylic acid groups (broad SMARTS) is 1. The van der Waals surface area contributed by atoms with Crippen LogP contribution in [0.25, 0.3) is 0 Å². The Morgan fingerprint density at radius 2 is 1.91 bits per heavy atom. The van der Waals surface area contributed by atoms with E-state index in [2.05, 4.69) is 21.5 Å². The van der Waals surface area contributed by atoms with Gasteiger partial charge < -0.3 is 10.4 Å². The maximum Gasteiger partial charge on any atom is 0.303 e. The normalized spacial score (nSPS) is 14.0. The van der Waals surface area contributed by atoms with Gasteiger partial charge in [-0.25, -0.2) is 0 Å². The highest BCUT2D eigenvalue weighted by Gasteiger charge is 2.38. The van der Waals surface area contributed by atoms with Gasteiger partial charge in [0.15, 0.2) is 5.66 Å². The zero-order valence-corrected chi connectivity index (χ0v) is 12.8. The Morgan fingerprint density at radius 1 is 1.22 bits per heavy atom. The summed E-state index contributed by atoms with van der Waals surface area (Å²) >= 11 is 0. The van der Waals surface area contributed by atoms with Crippen molar-refractivity contribution in [2.24, 2.45) is 10.2 Å². The molecule has 1 amide bonds. The number of hydrogen-bond acceptors (Lipinski definition) is 4. The zero-order chi connectivity index (χ0) is 16.7. The molecule has 1 heterocycles. The van der Waals surface area contributed by atoms with Crippen molar-refractivity contribution in [2.75, 3.05) is 6.54 Å². The van der Waals surface area contributed by atoms with Crippen LogP contribution >= 0.6 is 0 Å². The van der Waals surface area contributed by atoms with Crippen LogP contribution in [0.4, 0.5) is 0 Å². The van der Waals surface area contributed by atoms with E-state index in [1.54, 1.807) is 24.3 Å². The molecular formula is C17H19N3O3. The molecule has 1 aromatic carbocycles. The molecule has 23 heavy (non-hydrogen) atoms. The van der Waals surface area contributed by atoms with Gasteiger partial charge in [-0.2, -0.15) is 10.2 Å². The zero-order valence-electron chi connectivity index (χ0n) is 12.8. The number of nitrogens with one attached hydrogen (secondary N) is 1. The Kier molecular flexibility index (Phi) is 5.47. The predicted octanol–water partition coefficient (Wildman–Crippen LogP) is 2.40. The highest BCUT2D eigenvalue weighted by molar-refractivity contribution is 5.94. The van der Waals surface area contributed by atoms with Crippen LogP contribution in [0.1, 0.15) is 41.6 Å². The molecule has 6 nitrogen and oxygen atoms in total. The third-order valence-electron chi connectivity index (χ3n) is 3.71. The van der Waals surface area contributed by atoms with Crippen molar-refractivity contribution in [2.45, 2.75) is 37.8 Å². The third kappa shape index (κ3) is 5.22. The van der Waals surface area contributed by atoms with Gasteiger partial charge in [-0.15, -0.1) is 12.3 Å². The molecule has 6 heteroatoms. The van der Waals surface area contributed by atoms with Crippen LogP contribution in [0.2, 0.25) is 0 Å². The van der Waals surface area contributed by atoms with E-state index in [-0.39, 0.29) is 18.0 Å². The van der Waals surface area contributed by atoms with Crippen LogP contribution in [-0.2, 0) is 11.2 Å². The van der Waals surface area contributed by atoms with Gasteiger partial charge in [0.05, 0.1) is 0 Å². The topological polar surface area (TPSA) is 91.1 Å². The first-order valence-corrected chi connectivity index (χ1v) is 7.51. The SMILES string of the molecule is C#CCCC1(CCNC(=O)c2ccc(CCC(=O)O)cc2)N=N1. The lowest BCUT2D eigenvalue weighted by molar-refractivity contribution is -0.136. The highest BCUT2D eigenvalue weighted by Crippen LogP contribution is 2.36. The number of aliphatic carboxylic acids is 1. The molecule has 0 saturated heterocycles. The second-order valence-electron chi connectivity index (χ2n) is 5.48. The summed E-state index contributed by atoms with van der Waals surface area (Å²) in [7, 11) is 0. The number of nitrogens with zero attached hydrogens (tertiary/aromatic N) is 2. The Balaban J connectivity index is 1.75. The smallest absolute Gasteiger partial charge is 0.303 e. The van der Waals surface area contributed by atoms with Crippen LogP contribution < -0.4 is 5.32 Å². The summed E-state index contributed by atoms with van der Waals surface area (Å²) in [5, 5.41) is 19.5. The monoisotopic (exact) mass is 313 g/mol. The van der Waals surface area contributed by atoms with Crippen LogP contribution in [-0.4, -0.2) is 29.2 Å². The molecule has 0 unspecified atom stereocenters. The Bertz CT molecular complexity index is 638. The summed E-state index contributed by atoms with van der Waals surface area (Å²) in [5.74, 6) is 1.57. The van der Waals surface area contributed by atoms with Crippen molar-refractivity contribution in [3.05, 3.63) is 35.4 Å². The molecular weight excluding hydrogens is 294 g/mol. The lowest BCUT2D eigenvalue weighted by atomic mass is 10.0. The Morgan fingerprint density at radius 3 is 2.48 bits per heavy atom. The number of terminal acetylenes is 1. The summed E-state index contributed by atoms with van der Waals surface area (Å²) in [6.07, 6.45) is 7.76. The average Bonchev–Trinajstić information content (AvgIpc) is 3.31. The summed E-state index contributed by atoms with van der Waals surface area (Å²) < 4.78 is 0. The second-order valence-corrected chi connectivity index (χ2v) is 5.48.